The molecule has 8 nitrogen and oxygen atoms in total. The number of halogens is 3. The third-order valence-corrected chi connectivity index (χ3v) is 5.67. The summed E-state index contributed by atoms with van der Waals surface area (Å²) < 4.78 is 39.5. The van der Waals surface area contributed by atoms with Crippen molar-refractivity contribution in [3.05, 3.63) is 18.0 Å². The third kappa shape index (κ3) is 6.18. The van der Waals surface area contributed by atoms with E-state index in [2.05, 4.69) is 21.5 Å². The van der Waals surface area contributed by atoms with E-state index in [-0.39, 0.29) is 17.9 Å². The molecular formula is C19H27F3N4O4. The van der Waals surface area contributed by atoms with E-state index in [0.717, 1.165) is 45.0 Å². The summed E-state index contributed by atoms with van der Waals surface area (Å²) in [5.74, 6) is -1.68. The van der Waals surface area contributed by atoms with Crippen molar-refractivity contribution in [3.63, 3.8) is 0 Å². The summed E-state index contributed by atoms with van der Waals surface area (Å²) in [7, 11) is 1.95. The highest BCUT2D eigenvalue weighted by Crippen LogP contribution is 2.35. The lowest BCUT2D eigenvalue weighted by Crippen LogP contribution is -2.47. The molecule has 2 saturated carbocycles. The molecule has 0 unspecified atom stereocenters. The lowest BCUT2D eigenvalue weighted by molar-refractivity contribution is -0.192. The molecule has 0 bridgehead atoms. The van der Waals surface area contributed by atoms with Crippen LogP contribution < -0.4 is 5.32 Å². The molecule has 2 heterocycles. The first-order chi connectivity index (χ1) is 14.1. The Balaban J connectivity index is 0.000000318. The van der Waals surface area contributed by atoms with E-state index in [4.69, 9.17) is 14.6 Å². The van der Waals surface area contributed by atoms with Gasteiger partial charge in [0.25, 0.3) is 0 Å². The molecule has 0 radical (unpaired) electrons. The monoisotopic (exact) mass is 432 g/mol. The molecule has 0 aromatic carbocycles. The largest absolute Gasteiger partial charge is 0.490 e. The number of aryl methyl sites for hydroxylation is 1. The summed E-state index contributed by atoms with van der Waals surface area (Å²) in [6, 6.07) is 0.362. The van der Waals surface area contributed by atoms with Crippen molar-refractivity contribution in [2.75, 3.05) is 19.7 Å². The normalized spacial score (nSPS) is 26.5. The first-order valence-electron chi connectivity index (χ1n) is 10.0. The van der Waals surface area contributed by atoms with Gasteiger partial charge in [0, 0.05) is 50.4 Å². The molecule has 3 aliphatic rings. The molecule has 4 rings (SSSR count). The Morgan fingerprint density at radius 3 is 2.60 bits per heavy atom. The Kier molecular flexibility index (Phi) is 7.02. The number of aliphatic carboxylic acids is 1. The number of ether oxygens (including phenoxy) is 1. The van der Waals surface area contributed by atoms with Gasteiger partial charge in [-0.1, -0.05) is 0 Å². The minimum absolute atomic E-state index is 0.109. The molecule has 1 aromatic rings. The highest BCUT2D eigenvalue weighted by molar-refractivity contribution is 5.79. The number of carboxylic acid groups (broad SMARTS) is 1. The predicted octanol–water partition coefficient (Wildman–Crippen LogP) is 1.56. The average Bonchev–Trinajstić information content (AvgIpc) is 3.25. The molecule has 30 heavy (non-hydrogen) atoms. The van der Waals surface area contributed by atoms with Gasteiger partial charge in [-0.25, -0.2) is 4.79 Å². The van der Waals surface area contributed by atoms with Crippen LogP contribution in [0.3, 0.4) is 0 Å². The van der Waals surface area contributed by atoms with Gasteiger partial charge >= 0.3 is 12.1 Å². The van der Waals surface area contributed by atoms with Gasteiger partial charge < -0.3 is 15.2 Å². The Morgan fingerprint density at radius 1 is 1.33 bits per heavy atom. The van der Waals surface area contributed by atoms with Crippen LogP contribution in [0.2, 0.25) is 0 Å². The first-order valence-corrected chi connectivity index (χ1v) is 10.0. The van der Waals surface area contributed by atoms with Crippen LogP contribution in [-0.2, 0) is 27.9 Å². The lowest BCUT2D eigenvalue weighted by atomic mass is 10.1. The second-order valence-electron chi connectivity index (χ2n) is 8.13. The van der Waals surface area contributed by atoms with Crippen LogP contribution in [-0.4, -0.2) is 69.7 Å². The molecule has 3 atom stereocenters. The fourth-order valence-corrected chi connectivity index (χ4v) is 3.94. The van der Waals surface area contributed by atoms with Crippen molar-refractivity contribution in [2.45, 2.75) is 50.6 Å². The zero-order chi connectivity index (χ0) is 21.9. The van der Waals surface area contributed by atoms with Crippen LogP contribution >= 0.6 is 0 Å². The number of carboxylic acids is 1. The molecule has 1 amide bonds. The van der Waals surface area contributed by atoms with Gasteiger partial charge in [0.05, 0.1) is 18.9 Å². The summed E-state index contributed by atoms with van der Waals surface area (Å²) in [6.45, 7) is 3.46. The number of morpholine rings is 1. The van der Waals surface area contributed by atoms with Gasteiger partial charge in [0.15, 0.2) is 0 Å². The number of hydrogen-bond donors (Lipinski definition) is 2. The van der Waals surface area contributed by atoms with Gasteiger partial charge in [0.1, 0.15) is 0 Å². The van der Waals surface area contributed by atoms with Crippen molar-refractivity contribution in [1.29, 1.82) is 0 Å². The highest BCUT2D eigenvalue weighted by atomic mass is 19.4. The Hall–Kier alpha value is -2.14. The van der Waals surface area contributed by atoms with Crippen molar-refractivity contribution >= 4 is 11.9 Å². The fourth-order valence-electron chi connectivity index (χ4n) is 3.94. The standard InChI is InChI=1S/C17H26N4O2.C2HF3O2/c1-20-10-13(9-19-20)11-21-4-5-23-16-7-14(6-15(16)21)17(22)18-8-12-2-3-12;3-2(4,5)1(6)7/h9-10,12,14-16H,2-8,11H2,1H3,(H,18,22);(H,6,7)/t14-,15+,16+;/m0./s1. The zero-order valence-corrected chi connectivity index (χ0v) is 16.8. The molecule has 168 valence electrons. The van der Waals surface area contributed by atoms with E-state index in [1.807, 2.05) is 17.9 Å². The van der Waals surface area contributed by atoms with E-state index in [1.165, 1.54) is 18.4 Å². The molecule has 2 N–H and O–H groups in total. The number of fused-ring (bicyclic) bond motifs is 1. The van der Waals surface area contributed by atoms with Crippen LogP contribution in [0.1, 0.15) is 31.2 Å². The average molecular weight is 432 g/mol. The van der Waals surface area contributed by atoms with Crippen molar-refractivity contribution in [3.8, 4) is 0 Å². The second-order valence-corrected chi connectivity index (χ2v) is 8.13. The summed E-state index contributed by atoms with van der Waals surface area (Å²) in [4.78, 5) is 23.8. The molecular weight excluding hydrogens is 405 g/mol. The molecule has 0 spiro atoms. The molecule has 11 heteroatoms. The summed E-state index contributed by atoms with van der Waals surface area (Å²) in [6.07, 6.45) is 3.46. The van der Waals surface area contributed by atoms with Crippen molar-refractivity contribution in [1.82, 2.24) is 20.0 Å². The van der Waals surface area contributed by atoms with E-state index in [1.54, 1.807) is 0 Å². The number of alkyl halides is 3. The fraction of sp³-hybridized carbons (Fsp3) is 0.737. The van der Waals surface area contributed by atoms with Crippen LogP contribution in [0.25, 0.3) is 0 Å². The smallest absolute Gasteiger partial charge is 0.475 e. The van der Waals surface area contributed by atoms with Crippen LogP contribution in [0.5, 0.6) is 0 Å². The number of nitrogens with one attached hydrogen (secondary N) is 1. The van der Waals surface area contributed by atoms with E-state index < -0.39 is 12.1 Å². The Bertz CT molecular complexity index is 750. The van der Waals surface area contributed by atoms with Crippen LogP contribution in [0.15, 0.2) is 12.4 Å². The first kappa shape index (κ1) is 22.5. The maximum absolute atomic E-state index is 12.4. The minimum atomic E-state index is -5.08. The lowest BCUT2D eigenvalue weighted by Gasteiger charge is -2.37. The predicted molar refractivity (Wildman–Crippen MR) is 99.3 cm³/mol. The van der Waals surface area contributed by atoms with Crippen LogP contribution in [0, 0.1) is 11.8 Å². The number of carbonyl (C=O) groups is 2. The van der Waals surface area contributed by atoms with Crippen LogP contribution in [0.4, 0.5) is 13.2 Å². The molecule has 1 aromatic heterocycles. The Morgan fingerprint density at radius 2 is 2.03 bits per heavy atom. The highest BCUT2D eigenvalue weighted by Gasteiger charge is 2.43. The summed E-state index contributed by atoms with van der Waals surface area (Å²) in [5.41, 5.74) is 1.23. The second kappa shape index (κ2) is 9.34. The zero-order valence-electron chi connectivity index (χ0n) is 16.8. The number of aromatic nitrogens is 2. The summed E-state index contributed by atoms with van der Waals surface area (Å²) >= 11 is 0. The van der Waals surface area contributed by atoms with Crippen molar-refractivity contribution < 1.29 is 32.6 Å². The number of rotatable bonds is 5. The topological polar surface area (TPSA) is 96.7 Å². The van der Waals surface area contributed by atoms with E-state index in [9.17, 15) is 18.0 Å². The van der Waals surface area contributed by atoms with Gasteiger partial charge in [-0.3, -0.25) is 14.4 Å². The van der Waals surface area contributed by atoms with E-state index >= 15 is 0 Å². The van der Waals surface area contributed by atoms with Gasteiger partial charge in [0.2, 0.25) is 5.91 Å². The van der Waals surface area contributed by atoms with Gasteiger partial charge in [-0.15, -0.1) is 0 Å². The van der Waals surface area contributed by atoms with E-state index in [0.29, 0.717) is 6.04 Å². The molecule has 3 fully saturated rings. The maximum atomic E-state index is 12.4. The molecule has 1 aliphatic heterocycles. The molecule has 1 saturated heterocycles. The molecule has 2 aliphatic carbocycles. The number of amides is 1. The number of hydrogen-bond acceptors (Lipinski definition) is 5. The van der Waals surface area contributed by atoms with Crippen molar-refractivity contribution in [2.24, 2.45) is 18.9 Å². The van der Waals surface area contributed by atoms with Gasteiger partial charge in [-0.05, 0) is 31.6 Å². The SMILES string of the molecule is Cn1cc(CN2CCO[C@@H]3C[C@@H](C(=O)NCC4CC4)C[C@H]32)cn1.O=C(O)C(F)(F)F. The number of nitrogens with zero attached hydrogens (tertiary/aromatic N) is 3. The minimum Gasteiger partial charge on any atom is -0.475 e. The maximum Gasteiger partial charge on any atom is 0.490 e. The quantitative estimate of drug-likeness (QED) is 0.733. The Labute approximate surface area is 172 Å². The van der Waals surface area contributed by atoms with Gasteiger partial charge in [-0.2, -0.15) is 18.3 Å². The number of carbonyl (C=O) groups excluding carboxylic acids is 1. The summed E-state index contributed by atoms with van der Waals surface area (Å²) in [5, 5.41) is 14.5. The third-order valence-electron chi connectivity index (χ3n) is 5.67.